The van der Waals surface area contributed by atoms with Gasteiger partial charge in [-0.05, 0) is 47.0 Å². The molecule has 8 heteroatoms. The summed E-state index contributed by atoms with van der Waals surface area (Å²) in [5.41, 5.74) is -0.127. The molecule has 116 valence electrons. The first kappa shape index (κ1) is 15.9. The molecule has 2 N–H and O–H groups in total. The molecule has 0 aliphatic carbocycles. The molecule has 0 saturated carbocycles. The molecule has 1 aromatic rings. The Bertz CT molecular complexity index is 529. The van der Waals surface area contributed by atoms with Crippen molar-refractivity contribution in [2.75, 3.05) is 18.4 Å². The molecule has 21 heavy (non-hydrogen) atoms. The van der Waals surface area contributed by atoms with Crippen LogP contribution in [0.15, 0.2) is 22.7 Å². The number of piperidine rings is 1. The van der Waals surface area contributed by atoms with Gasteiger partial charge in [-0.3, -0.25) is 0 Å². The van der Waals surface area contributed by atoms with Crippen molar-refractivity contribution in [1.29, 1.82) is 0 Å². The molecule has 1 aromatic carbocycles. The van der Waals surface area contributed by atoms with Crippen molar-refractivity contribution in [3.63, 3.8) is 0 Å². The second-order valence-corrected chi connectivity index (χ2v) is 5.73. The Morgan fingerprint density at radius 2 is 1.95 bits per heavy atom. The quantitative estimate of drug-likeness (QED) is 0.830. The van der Waals surface area contributed by atoms with Crippen LogP contribution in [0.2, 0.25) is 0 Å². The van der Waals surface area contributed by atoms with Gasteiger partial charge < -0.3 is 15.3 Å². The molecule has 0 spiro atoms. The van der Waals surface area contributed by atoms with Crippen molar-refractivity contribution in [3.05, 3.63) is 28.2 Å². The average Bonchev–Trinajstić information content (AvgIpc) is 2.40. The fraction of sp³-hybridized carbons (Fsp3) is 0.462. The first-order chi connectivity index (χ1) is 9.77. The van der Waals surface area contributed by atoms with E-state index in [9.17, 15) is 18.0 Å². The minimum Gasteiger partial charge on any atom is -0.465 e. The van der Waals surface area contributed by atoms with E-state index in [1.54, 1.807) is 0 Å². The standard InChI is InChI=1S/C13H14BrF3N2O2/c14-10-7-8(13(15,16)17)1-2-11(10)18-9-3-5-19(6-4-9)12(20)21/h1-2,7,9,18H,3-6H2,(H,20,21). The number of halogens is 4. The van der Waals surface area contributed by atoms with Crippen LogP contribution >= 0.6 is 15.9 Å². The molecule has 1 aliphatic rings. The van der Waals surface area contributed by atoms with E-state index in [1.807, 2.05) is 0 Å². The fourth-order valence-electron chi connectivity index (χ4n) is 2.24. The summed E-state index contributed by atoms with van der Waals surface area (Å²) in [5, 5.41) is 12.0. The lowest BCUT2D eigenvalue weighted by molar-refractivity contribution is -0.137. The van der Waals surface area contributed by atoms with Crippen LogP contribution in [-0.4, -0.2) is 35.2 Å². The highest BCUT2D eigenvalue weighted by Crippen LogP contribution is 2.34. The lowest BCUT2D eigenvalue weighted by Crippen LogP contribution is -2.41. The van der Waals surface area contributed by atoms with Crippen LogP contribution in [0.4, 0.5) is 23.7 Å². The van der Waals surface area contributed by atoms with E-state index in [1.165, 1.54) is 11.0 Å². The number of nitrogens with one attached hydrogen (secondary N) is 1. The average molecular weight is 367 g/mol. The van der Waals surface area contributed by atoms with Crippen LogP contribution in [-0.2, 0) is 6.18 Å². The fourth-order valence-corrected chi connectivity index (χ4v) is 2.74. The van der Waals surface area contributed by atoms with Gasteiger partial charge in [0.05, 0.1) is 5.56 Å². The Morgan fingerprint density at radius 1 is 1.33 bits per heavy atom. The maximum atomic E-state index is 12.6. The highest BCUT2D eigenvalue weighted by molar-refractivity contribution is 9.10. The van der Waals surface area contributed by atoms with Crippen LogP contribution in [0, 0.1) is 0 Å². The van der Waals surface area contributed by atoms with E-state index >= 15 is 0 Å². The number of hydrogen-bond acceptors (Lipinski definition) is 2. The van der Waals surface area contributed by atoms with E-state index in [-0.39, 0.29) is 6.04 Å². The first-order valence-electron chi connectivity index (χ1n) is 6.38. The molecule has 1 aliphatic heterocycles. The second kappa shape index (κ2) is 6.13. The summed E-state index contributed by atoms with van der Waals surface area (Å²) >= 11 is 3.13. The van der Waals surface area contributed by atoms with E-state index in [4.69, 9.17) is 5.11 Å². The number of benzene rings is 1. The molecule has 1 amide bonds. The van der Waals surface area contributed by atoms with Gasteiger partial charge in [-0.15, -0.1) is 0 Å². The molecule has 0 atom stereocenters. The number of rotatable bonds is 2. The maximum absolute atomic E-state index is 12.6. The Kier molecular flexibility index (Phi) is 4.65. The van der Waals surface area contributed by atoms with Crippen molar-refractivity contribution in [1.82, 2.24) is 4.90 Å². The van der Waals surface area contributed by atoms with Gasteiger partial charge >= 0.3 is 12.3 Å². The molecule has 0 aromatic heterocycles. The van der Waals surface area contributed by atoms with Crippen molar-refractivity contribution < 1.29 is 23.1 Å². The number of alkyl halides is 3. The summed E-state index contributed by atoms with van der Waals surface area (Å²) < 4.78 is 38.1. The minimum absolute atomic E-state index is 0.0497. The SMILES string of the molecule is O=C(O)N1CCC(Nc2ccc(C(F)(F)F)cc2Br)CC1. The topological polar surface area (TPSA) is 52.6 Å². The van der Waals surface area contributed by atoms with Crippen molar-refractivity contribution in [2.24, 2.45) is 0 Å². The Balaban J connectivity index is 2.00. The molecular weight excluding hydrogens is 353 g/mol. The number of carboxylic acid groups (broad SMARTS) is 1. The monoisotopic (exact) mass is 366 g/mol. The normalized spacial score (nSPS) is 16.9. The number of nitrogens with zero attached hydrogens (tertiary/aromatic N) is 1. The van der Waals surface area contributed by atoms with Crippen LogP contribution in [0.5, 0.6) is 0 Å². The van der Waals surface area contributed by atoms with E-state index in [2.05, 4.69) is 21.2 Å². The molecule has 0 bridgehead atoms. The third-order valence-electron chi connectivity index (χ3n) is 3.42. The Morgan fingerprint density at radius 3 is 2.43 bits per heavy atom. The van der Waals surface area contributed by atoms with E-state index < -0.39 is 17.8 Å². The van der Waals surface area contributed by atoms with Crippen LogP contribution in [0.25, 0.3) is 0 Å². The molecule has 1 saturated heterocycles. The van der Waals surface area contributed by atoms with E-state index in [0.717, 1.165) is 12.1 Å². The third-order valence-corrected chi connectivity index (χ3v) is 4.08. The zero-order valence-electron chi connectivity index (χ0n) is 11.0. The largest absolute Gasteiger partial charge is 0.465 e. The Hall–Kier alpha value is -1.44. The highest BCUT2D eigenvalue weighted by atomic mass is 79.9. The minimum atomic E-state index is -4.37. The van der Waals surface area contributed by atoms with Gasteiger partial charge in [0.15, 0.2) is 0 Å². The van der Waals surface area contributed by atoms with Crippen molar-refractivity contribution in [2.45, 2.75) is 25.1 Å². The van der Waals surface area contributed by atoms with Gasteiger partial charge in [-0.2, -0.15) is 13.2 Å². The smallest absolute Gasteiger partial charge is 0.416 e. The van der Waals surface area contributed by atoms with Crippen LogP contribution in [0.1, 0.15) is 18.4 Å². The van der Waals surface area contributed by atoms with Gasteiger partial charge in [-0.25, -0.2) is 4.79 Å². The summed E-state index contributed by atoms with van der Waals surface area (Å²) in [7, 11) is 0. The third kappa shape index (κ3) is 4.03. The molecule has 2 rings (SSSR count). The lowest BCUT2D eigenvalue weighted by Gasteiger charge is -2.31. The van der Waals surface area contributed by atoms with Gasteiger partial charge in [0.1, 0.15) is 0 Å². The predicted octanol–water partition coefficient (Wildman–Crippen LogP) is 4.02. The Labute approximate surface area is 128 Å². The number of anilines is 1. The van der Waals surface area contributed by atoms with Crippen molar-refractivity contribution >= 4 is 27.7 Å². The summed E-state index contributed by atoms with van der Waals surface area (Å²) in [6, 6.07) is 3.50. The summed E-state index contributed by atoms with van der Waals surface area (Å²) in [6.07, 6.45) is -4.06. The zero-order chi connectivity index (χ0) is 15.6. The maximum Gasteiger partial charge on any atom is 0.416 e. The number of carbonyl (C=O) groups is 1. The van der Waals surface area contributed by atoms with E-state index in [0.29, 0.717) is 36.1 Å². The summed E-state index contributed by atoms with van der Waals surface area (Å²) in [5.74, 6) is 0. The predicted molar refractivity (Wildman–Crippen MR) is 75.4 cm³/mol. The zero-order valence-corrected chi connectivity index (χ0v) is 12.5. The van der Waals surface area contributed by atoms with Crippen LogP contribution < -0.4 is 5.32 Å². The molecule has 1 fully saturated rings. The number of likely N-dealkylation sites (tertiary alicyclic amines) is 1. The van der Waals surface area contributed by atoms with Crippen molar-refractivity contribution in [3.8, 4) is 0 Å². The van der Waals surface area contributed by atoms with Gasteiger partial charge in [0, 0.05) is 29.3 Å². The van der Waals surface area contributed by atoms with Crippen LogP contribution in [0.3, 0.4) is 0 Å². The molecule has 4 nitrogen and oxygen atoms in total. The first-order valence-corrected chi connectivity index (χ1v) is 7.18. The van der Waals surface area contributed by atoms with Gasteiger partial charge in [-0.1, -0.05) is 0 Å². The second-order valence-electron chi connectivity index (χ2n) is 4.88. The molecular formula is C13H14BrF3N2O2. The van der Waals surface area contributed by atoms with Gasteiger partial charge in [0.25, 0.3) is 0 Å². The lowest BCUT2D eigenvalue weighted by atomic mass is 10.0. The molecule has 1 heterocycles. The highest BCUT2D eigenvalue weighted by Gasteiger charge is 2.31. The summed E-state index contributed by atoms with van der Waals surface area (Å²) in [6.45, 7) is 0.844. The van der Waals surface area contributed by atoms with Gasteiger partial charge in [0.2, 0.25) is 0 Å². The molecule has 0 radical (unpaired) electrons. The number of amides is 1. The molecule has 0 unspecified atom stereocenters. The number of hydrogen-bond donors (Lipinski definition) is 2. The summed E-state index contributed by atoms with van der Waals surface area (Å²) in [4.78, 5) is 12.1.